The van der Waals surface area contributed by atoms with Gasteiger partial charge in [0.2, 0.25) is 5.91 Å². The number of nitrogens with one attached hydrogen (secondary N) is 1. The zero-order valence-corrected chi connectivity index (χ0v) is 13.5. The average molecular weight is 306 g/mol. The Kier molecular flexibility index (Phi) is 6.51. The highest BCUT2D eigenvalue weighted by Gasteiger charge is 2.31. The van der Waals surface area contributed by atoms with Crippen LogP contribution in [0.25, 0.3) is 0 Å². The van der Waals surface area contributed by atoms with Crippen molar-refractivity contribution in [3.8, 4) is 6.07 Å². The van der Waals surface area contributed by atoms with Crippen LogP contribution in [0.2, 0.25) is 0 Å². The number of hydrogen-bond donors (Lipinski definition) is 1. The van der Waals surface area contributed by atoms with Gasteiger partial charge in [-0.25, -0.2) is 4.39 Å². The fourth-order valence-corrected chi connectivity index (χ4v) is 1.97. The standard InChI is InChI=1S/C17H23FN2O2/c1-12(20-16(21)14(9-19)17(2,3)4)10-22-11-13-7-5-6-8-15(13)18/h5-8,12,14H,10-11H2,1-4H3,(H,20,21)/t12-,14+/m1/s1. The van der Waals surface area contributed by atoms with Crippen molar-refractivity contribution in [1.29, 1.82) is 5.26 Å². The van der Waals surface area contributed by atoms with Gasteiger partial charge in [0.25, 0.3) is 0 Å². The third-order valence-corrected chi connectivity index (χ3v) is 3.23. The molecule has 0 aliphatic heterocycles. The van der Waals surface area contributed by atoms with Crippen molar-refractivity contribution < 1.29 is 13.9 Å². The zero-order chi connectivity index (χ0) is 16.8. The lowest BCUT2D eigenvalue weighted by atomic mass is 9.81. The molecule has 2 atom stereocenters. The number of hydrogen-bond acceptors (Lipinski definition) is 3. The number of carbonyl (C=O) groups excluding carboxylic acids is 1. The Bertz CT molecular complexity index is 546. The Balaban J connectivity index is 2.44. The number of nitrogens with zero attached hydrogens (tertiary/aromatic N) is 1. The summed E-state index contributed by atoms with van der Waals surface area (Å²) in [4.78, 5) is 12.1. The summed E-state index contributed by atoms with van der Waals surface area (Å²) in [5.74, 6) is -1.34. The molecule has 1 N–H and O–H groups in total. The molecule has 22 heavy (non-hydrogen) atoms. The molecule has 0 saturated carbocycles. The number of nitriles is 1. The van der Waals surface area contributed by atoms with E-state index in [0.717, 1.165) is 0 Å². The number of halogens is 1. The fraction of sp³-hybridized carbons (Fsp3) is 0.529. The van der Waals surface area contributed by atoms with E-state index < -0.39 is 11.3 Å². The molecule has 0 aliphatic carbocycles. The predicted molar refractivity (Wildman–Crippen MR) is 82.2 cm³/mol. The summed E-state index contributed by atoms with van der Waals surface area (Å²) in [6.07, 6.45) is 0. The molecule has 1 rings (SSSR count). The van der Waals surface area contributed by atoms with Crippen LogP contribution in [0.15, 0.2) is 24.3 Å². The number of carbonyl (C=O) groups is 1. The second-order valence-electron chi connectivity index (χ2n) is 6.44. The summed E-state index contributed by atoms with van der Waals surface area (Å²) in [6, 6.07) is 8.18. The van der Waals surface area contributed by atoms with E-state index in [9.17, 15) is 9.18 Å². The molecule has 0 spiro atoms. The van der Waals surface area contributed by atoms with Crippen LogP contribution >= 0.6 is 0 Å². The Morgan fingerprint density at radius 3 is 2.59 bits per heavy atom. The highest BCUT2D eigenvalue weighted by atomic mass is 19.1. The molecule has 0 aromatic heterocycles. The van der Waals surface area contributed by atoms with Crippen LogP contribution in [0.3, 0.4) is 0 Å². The first-order chi connectivity index (χ1) is 10.3. The molecule has 120 valence electrons. The molecule has 0 saturated heterocycles. The third kappa shape index (κ3) is 5.45. The van der Waals surface area contributed by atoms with Crippen LogP contribution < -0.4 is 5.32 Å². The topological polar surface area (TPSA) is 62.1 Å². The average Bonchev–Trinajstić information content (AvgIpc) is 2.40. The minimum atomic E-state index is -0.721. The van der Waals surface area contributed by atoms with Gasteiger partial charge in [-0.1, -0.05) is 39.0 Å². The largest absolute Gasteiger partial charge is 0.375 e. The third-order valence-electron chi connectivity index (χ3n) is 3.23. The molecule has 5 heteroatoms. The van der Waals surface area contributed by atoms with Crippen LogP contribution in [0, 0.1) is 28.5 Å². The maximum atomic E-state index is 13.4. The van der Waals surface area contributed by atoms with Crippen molar-refractivity contribution in [2.75, 3.05) is 6.61 Å². The maximum absolute atomic E-state index is 13.4. The van der Waals surface area contributed by atoms with Crippen LogP contribution in [0.4, 0.5) is 4.39 Å². The Morgan fingerprint density at radius 2 is 2.05 bits per heavy atom. The van der Waals surface area contributed by atoms with E-state index in [1.165, 1.54) is 6.07 Å². The van der Waals surface area contributed by atoms with Gasteiger partial charge in [-0.05, 0) is 18.4 Å². The van der Waals surface area contributed by atoms with E-state index in [1.807, 2.05) is 26.8 Å². The van der Waals surface area contributed by atoms with E-state index in [2.05, 4.69) is 5.32 Å². The lowest BCUT2D eigenvalue weighted by molar-refractivity contribution is -0.127. The second kappa shape index (κ2) is 7.90. The molecule has 4 nitrogen and oxygen atoms in total. The number of ether oxygens (including phenoxy) is 1. The predicted octanol–water partition coefficient (Wildman–Crippen LogP) is 3.03. The number of rotatable bonds is 6. The van der Waals surface area contributed by atoms with Gasteiger partial charge in [0.05, 0.1) is 19.3 Å². The zero-order valence-electron chi connectivity index (χ0n) is 13.5. The normalized spacial score (nSPS) is 14.0. The van der Waals surface area contributed by atoms with E-state index in [1.54, 1.807) is 25.1 Å². The quantitative estimate of drug-likeness (QED) is 0.878. The Morgan fingerprint density at radius 1 is 1.41 bits per heavy atom. The second-order valence-corrected chi connectivity index (χ2v) is 6.44. The molecule has 0 unspecified atom stereocenters. The van der Waals surface area contributed by atoms with Crippen molar-refractivity contribution in [2.24, 2.45) is 11.3 Å². The first-order valence-electron chi connectivity index (χ1n) is 7.27. The molecule has 0 radical (unpaired) electrons. The van der Waals surface area contributed by atoms with Crippen LogP contribution in [0.1, 0.15) is 33.3 Å². The van der Waals surface area contributed by atoms with Crippen molar-refractivity contribution in [3.05, 3.63) is 35.6 Å². The van der Waals surface area contributed by atoms with E-state index in [4.69, 9.17) is 10.00 Å². The molecule has 1 aromatic carbocycles. The van der Waals surface area contributed by atoms with Crippen molar-refractivity contribution in [1.82, 2.24) is 5.32 Å². The lowest BCUT2D eigenvalue weighted by Gasteiger charge is -2.25. The van der Waals surface area contributed by atoms with Gasteiger partial charge in [0.1, 0.15) is 11.7 Å². The van der Waals surface area contributed by atoms with Crippen LogP contribution in [-0.2, 0) is 16.1 Å². The van der Waals surface area contributed by atoms with Gasteiger partial charge in [0, 0.05) is 11.6 Å². The summed E-state index contributed by atoms with van der Waals surface area (Å²) in [5, 5.41) is 11.9. The molecule has 1 amide bonds. The van der Waals surface area contributed by atoms with Gasteiger partial charge < -0.3 is 10.1 Å². The minimum Gasteiger partial charge on any atom is -0.375 e. The van der Waals surface area contributed by atoms with Gasteiger partial charge in [0.15, 0.2) is 0 Å². The molecule has 0 bridgehead atoms. The highest BCUT2D eigenvalue weighted by molar-refractivity contribution is 5.82. The smallest absolute Gasteiger partial charge is 0.238 e. The molecule has 0 heterocycles. The molecular formula is C17H23FN2O2. The van der Waals surface area contributed by atoms with E-state index in [0.29, 0.717) is 5.56 Å². The van der Waals surface area contributed by atoms with Crippen LogP contribution in [-0.4, -0.2) is 18.6 Å². The Labute approximate surface area is 131 Å². The summed E-state index contributed by atoms with van der Waals surface area (Å²) >= 11 is 0. The number of amides is 1. The first-order valence-corrected chi connectivity index (χ1v) is 7.27. The van der Waals surface area contributed by atoms with Gasteiger partial charge in [-0.15, -0.1) is 0 Å². The Hall–Kier alpha value is -1.93. The molecular weight excluding hydrogens is 283 g/mol. The summed E-state index contributed by atoms with van der Waals surface area (Å²) in [7, 11) is 0. The minimum absolute atomic E-state index is 0.147. The van der Waals surface area contributed by atoms with E-state index in [-0.39, 0.29) is 31.0 Å². The summed E-state index contributed by atoms with van der Waals surface area (Å²) in [6.45, 7) is 7.73. The fourth-order valence-electron chi connectivity index (χ4n) is 1.97. The lowest BCUT2D eigenvalue weighted by Crippen LogP contribution is -2.43. The monoisotopic (exact) mass is 306 g/mol. The van der Waals surface area contributed by atoms with Gasteiger partial charge in [-0.3, -0.25) is 4.79 Å². The summed E-state index contributed by atoms with van der Waals surface area (Å²) in [5.41, 5.74) is 0.0534. The van der Waals surface area contributed by atoms with Gasteiger partial charge >= 0.3 is 0 Å². The van der Waals surface area contributed by atoms with Crippen molar-refractivity contribution in [2.45, 2.75) is 40.3 Å². The SMILES string of the molecule is C[C@H](COCc1ccccc1F)NC(=O)[C@H](C#N)C(C)(C)C. The molecule has 0 aliphatic rings. The number of benzene rings is 1. The van der Waals surface area contributed by atoms with E-state index >= 15 is 0 Å². The maximum Gasteiger partial charge on any atom is 0.238 e. The molecule has 0 fully saturated rings. The van der Waals surface area contributed by atoms with Gasteiger partial charge in [-0.2, -0.15) is 5.26 Å². The van der Waals surface area contributed by atoms with Crippen molar-refractivity contribution in [3.63, 3.8) is 0 Å². The highest BCUT2D eigenvalue weighted by Crippen LogP contribution is 2.25. The summed E-state index contributed by atoms with van der Waals surface area (Å²) < 4.78 is 18.8. The van der Waals surface area contributed by atoms with Crippen LogP contribution in [0.5, 0.6) is 0 Å². The first kappa shape index (κ1) is 18.1. The van der Waals surface area contributed by atoms with Crippen molar-refractivity contribution >= 4 is 5.91 Å². The molecule has 1 aromatic rings.